The molecular formula is C25H31N3O3. The summed E-state index contributed by atoms with van der Waals surface area (Å²) in [5.41, 5.74) is 3.09. The van der Waals surface area contributed by atoms with Crippen molar-refractivity contribution in [1.82, 2.24) is 10.6 Å². The first-order chi connectivity index (χ1) is 14.9. The van der Waals surface area contributed by atoms with E-state index in [2.05, 4.69) is 36.6 Å². The minimum absolute atomic E-state index is 0.144. The SMILES string of the molecule is CC(C)CC(C(=O)NC(C#N)CCCCNC(=O)O)c1cccc(-c2ccccc2)c1. The van der Waals surface area contributed by atoms with Gasteiger partial charge in [-0.1, -0.05) is 68.4 Å². The van der Waals surface area contributed by atoms with E-state index in [1.54, 1.807) is 0 Å². The van der Waals surface area contributed by atoms with Crippen molar-refractivity contribution in [3.05, 3.63) is 60.2 Å². The highest BCUT2D eigenvalue weighted by Gasteiger charge is 2.24. The molecule has 2 atom stereocenters. The van der Waals surface area contributed by atoms with Gasteiger partial charge in [0.1, 0.15) is 6.04 Å². The third-order valence-corrected chi connectivity index (χ3v) is 5.09. The molecule has 0 aromatic heterocycles. The fourth-order valence-corrected chi connectivity index (χ4v) is 3.54. The van der Waals surface area contributed by atoms with Crippen LogP contribution in [0.5, 0.6) is 0 Å². The lowest BCUT2D eigenvalue weighted by Crippen LogP contribution is -2.37. The van der Waals surface area contributed by atoms with Crippen molar-refractivity contribution in [3.63, 3.8) is 0 Å². The Labute approximate surface area is 184 Å². The summed E-state index contributed by atoms with van der Waals surface area (Å²) in [4.78, 5) is 23.6. The monoisotopic (exact) mass is 421 g/mol. The Balaban J connectivity index is 2.08. The molecule has 3 N–H and O–H groups in total. The van der Waals surface area contributed by atoms with Crippen molar-refractivity contribution in [3.8, 4) is 17.2 Å². The van der Waals surface area contributed by atoms with Crippen molar-refractivity contribution in [2.24, 2.45) is 5.92 Å². The van der Waals surface area contributed by atoms with Crippen molar-refractivity contribution in [2.75, 3.05) is 6.54 Å². The fraction of sp³-hybridized carbons (Fsp3) is 0.400. The second-order valence-electron chi connectivity index (χ2n) is 8.09. The maximum atomic E-state index is 13.1. The summed E-state index contributed by atoms with van der Waals surface area (Å²) in [5, 5.41) is 23.3. The predicted molar refractivity (Wildman–Crippen MR) is 121 cm³/mol. The fourth-order valence-electron chi connectivity index (χ4n) is 3.54. The second-order valence-corrected chi connectivity index (χ2v) is 8.09. The zero-order valence-electron chi connectivity index (χ0n) is 18.2. The molecule has 31 heavy (non-hydrogen) atoms. The van der Waals surface area contributed by atoms with Crippen LogP contribution in [0.4, 0.5) is 4.79 Å². The summed E-state index contributed by atoms with van der Waals surface area (Å²) in [6.07, 6.45) is 1.39. The smallest absolute Gasteiger partial charge is 0.404 e. The number of rotatable bonds is 11. The van der Waals surface area contributed by atoms with Gasteiger partial charge >= 0.3 is 6.09 Å². The number of carbonyl (C=O) groups is 2. The summed E-state index contributed by atoms with van der Waals surface area (Å²) in [6.45, 7) is 4.50. The van der Waals surface area contributed by atoms with Crippen LogP contribution < -0.4 is 10.6 Å². The van der Waals surface area contributed by atoms with Gasteiger partial charge in [0.05, 0.1) is 12.0 Å². The summed E-state index contributed by atoms with van der Waals surface area (Å²) >= 11 is 0. The van der Waals surface area contributed by atoms with Gasteiger partial charge in [0.25, 0.3) is 0 Å². The van der Waals surface area contributed by atoms with E-state index < -0.39 is 12.1 Å². The third-order valence-electron chi connectivity index (χ3n) is 5.09. The lowest BCUT2D eigenvalue weighted by molar-refractivity contribution is -0.123. The first-order valence-electron chi connectivity index (χ1n) is 10.7. The molecule has 0 bridgehead atoms. The van der Waals surface area contributed by atoms with E-state index in [1.807, 2.05) is 48.5 Å². The molecule has 0 fully saturated rings. The lowest BCUT2D eigenvalue weighted by Gasteiger charge is -2.22. The van der Waals surface area contributed by atoms with Gasteiger partial charge < -0.3 is 15.7 Å². The van der Waals surface area contributed by atoms with Crippen LogP contribution in [0.1, 0.15) is 51.0 Å². The highest BCUT2D eigenvalue weighted by molar-refractivity contribution is 5.84. The average molecular weight is 422 g/mol. The number of carboxylic acid groups (broad SMARTS) is 1. The van der Waals surface area contributed by atoms with Crippen molar-refractivity contribution >= 4 is 12.0 Å². The van der Waals surface area contributed by atoms with E-state index in [0.717, 1.165) is 16.7 Å². The van der Waals surface area contributed by atoms with E-state index in [4.69, 9.17) is 5.11 Å². The van der Waals surface area contributed by atoms with Crippen LogP contribution in [0.15, 0.2) is 54.6 Å². The predicted octanol–water partition coefficient (Wildman–Crippen LogP) is 4.93. The lowest BCUT2D eigenvalue weighted by atomic mass is 9.87. The Morgan fingerprint density at radius 2 is 1.74 bits per heavy atom. The summed E-state index contributed by atoms with van der Waals surface area (Å²) < 4.78 is 0. The third kappa shape index (κ3) is 8.13. The van der Waals surface area contributed by atoms with E-state index in [0.29, 0.717) is 38.1 Å². The molecule has 2 unspecified atom stereocenters. The van der Waals surface area contributed by atoms with E-state index in [1.165, 1.54) is 0 Å². The number of hydrogen-bond donors (Lipinski definition) is 3. The molecule has 2 aromatic carbocycles. The van der Waals surface area contributed by atoms with Gasteiger partial charge in [-0.15, -0.1) is 0 Å². The number of amides is 2. The standard InChI is InChI=1S/C25H31N3O3/c1-18(2)15-23(21-12-8-11-20(16-21)19-9-4-3-5-10-19)24(29)28-22(17-26)13-6-7-14-27-25(30)31/h3-5,8-12,16,18,22-23,27H,6-7,13-15H2,1-2H3,(H,28,29)(H,30,31). The van der Waals surface area contributed by atoms with Gasteiger partial charge in [-0.05, 0) is 48.3 Å². The van der Waals surface area contributed by atoms with Gasteiger partial charge in [-0.3, -0.25) is 4.79 Å². The maximum absolute atomic E-state index is 13.1. The topological polar surface area (TPSA) is 102 Å². The molecular weight excluding hydrogens is 390 g/mol. The van der Waals surface area contributed by atoms with Crippen LogP contribution in [-0.2, 0) is 4.79 Å². The molecule has 2 amide bonds. The van der Waals surface area contributed by atoms with Crippen LogP contribution in [0.2, 0.25) is 0 Å². The molecule has 2 rings (SSSR count). The molecule has 0 heterocycles. The summed E-state index contributed by atoms with van der Waals surface area (Å²) in [7, 11) is 0. The van der Waals surface area contributed by atoms with Gasteiger partial charge in [0.2, 0.25) is 5.91 Å². The molecule has 6 heteroatoms. The second kappa shape index (κ2) is 12.4. The Morgan fingerprint density at radius 1 is 1.03 bits per heavy atom. The van der Waals surface area contributed by atoms with Crippen LogP contribution in [-0.4, -0.2) is 29.7 Å². The summed E-state index contributed by atoms with van der Waals surface area (Å²) in [6, 6.07) is 19.6. The molecule has 0 saturated carbocycles. The van der Waals surface area contributed by atoms with E-state index in [9.17, 15) is 14.9 Å². The van der Waals surface area contributed by atoms with E-state index >= 15 is 0 Å². The number of benzene rings is 2. The van der Waals surface area contributed by atoms with Crippen LogP contribution in [0.25, 0.3) is 11.1 Å². The minimum atomic E-state index is -1.06. The van der Waals surface area contributed by atoms with Gasteiger partial charge in [0, 0.05) is 6.54 Å². The number of hydrogen-bond acceptors (Lipinski definition) is 3. The zero-order valence-corrected chi connectivity index (χ0v) is 18.2. The number of nitriles is 1. The Hall–Kier alpha value is -3.33. The Kier molecular flexibility index (Phi) is 9.57. The molecule has 0 aliphatic carbocycles. The highest BCUT2D eigenvalue weighted by Crippen LogP contribution is 2.28. The van der Waals surface area contributed by atoms with Crippen LogP contribution >= 0.6 is 0 Å². The molecule has 0 aliphatic rings. The number of carbonyl (C=O) groups excluding carboxylic acids is 1. The normalized spacial score (nSPS) is 12.6. The first kappa shape index (κ1) is 23.9. The van der Waals surface area contributed by atoms with Gasteiger partial charge in [-0.25, -0.2) is 4.79 Å². The van der Waals surface area contributed by atoms with Crippen molar-refractivity contribution in [1.29, 1.82) is 5.26 Å². The largest absolute Gasteiger partial charge is 0.465 e. The molecule has 0 radical (unpaired) electrons. The van der Waals surface area contributed by atoms with Crippen molar-refractivity contribution < 1.29 is 14.7 Å². The Bertz CT molecular complexity index is 890. The quantitative estimate of drug-likeness (QED) is 0.448. The minimum Gasteiger partial charge on any atom is -0.465 e. The number of unbranched alkanes of at least 4 members (excludes halogenated alkanes) is 1. The van der Waals surface area contributed by atoms with Crippen LogP contribution in [0, 0.1) is 17.2 Å². The molecule has 0 spiro atoms. The average Bonchev–Trinajstić information content (AvgIpc) is 2.76. The molecule has 164 valence electrons. The Morgan fingerprint density at radius 3 is 2.39 bits per heavy atom. The highest BCUT2D eigenvalue weighted by atomic mass is 16.4. The molecule has 2 aromatic rings. The van der Waals surface area contributed by atoms with Crippen molar-refractivity contribution in [2.45, 2.75) is 51.5 Å². The van der Waals surface area contributed by atoms with Gasteiger partial charge in [0.15, 0.2) is 0 Å². The molecule has 0 aliphatic heterocycles. The zero-order chi connectivity index (χ0) is 22.6. The molecule has 6 nitrogen and oxygen atoms in total. The van der Waals surface area contributed by atoms with Gasteiger partial charge in [-0.2, -0.15) is 5.26 Å². The number of nitrogens with zero attached hydrogens (tertiary/aromatic N) is 1. The summed E-state index contributed by atoms with van der Waals surface area (Å²) in [5.74, 6) is -0.166. The maximum Gasteiger partial charge on any atom is 0.404 e. The van der Waals surface area contributed by atoms with E-state index in [-0.39, 0.29) is 11.8 Å². The first-order valence-corrected chi connectivity index (χ1v) is 10.7. The van der Waals surface area contributed by atoms with Crippen LogP contribution in [0.3, 0.4) is 0 Å². The molecule has 0 saturated heterocycles. The number of nitrogens with one attached hydrogen (secondary N) is 2.